The van der Waals surface area contributed by atoms with E-state index in [4.69, 9.17) is 0 Å². The summed E-state index contributed by atoms with van der Waals surface area (Å²) < 4.78 is 12.6. The number of nitrogens with one attached hydrogen (secondary N) is 1. The van der Waals surface area contributed by atoms with Gasteiger partial charge in [0.1, 0.15) is 12.4 Å². The van der Waals surface area contributed by atoms with Gasteiger partial charge in [-0.15, -0.1) is 0 Å². The number of nitrogens with zero attached hydrogens (tertiary/aromatic N) is 3. The third-order valence-corrected chi connectivity index (χ3v) is 4.64. The van der Waals surface area contributed by atoms with E-state index in [9.17, 15) is 19.4 Å². The summed E-state index contributed by atoms with van der Waals surface area (Å²) in [6, 6.07) is 0.286. The van der Waals surface area contributed by atoms with Gasteiger partial charge in [-0.2, -0.15) is 5.10 Å². The van der Waals surface area contributed by atoms with Crippen molar-refractivity contribution in [3.05, 3.63) is 22.5 Å². The lowest BCUT2D eigenvalue weighted by Gasteiger charge is -2.24. The van der Waals surface area contributed by atoms with Crippen LogP contribution in [-0.2, 0) is 17.3 Å². The van der Waals surface area contributed by atoms with E-state index in [1.54, 1.807) is 0 Å². The van der Waals surface area contributed by atoms with Gasteiger partial charge in [0.25, 0.3) is 0 Å². The number of aliphatic hydroxyl groups is 1. The van der Waals surface area contributed by atoms with Gasteiger partial charge in [0.15, 0.2) is 0 Å². The lowest BCUT2D eigenvalue weighted by Crippen LogP contribution is -2.40. The molecule has 0 aliphatic carbocycles. The predicted octanol–water partition coefficient (Wildman–Crippen LogP) is -0.347. The molecule has 112 valence electrons. The van der Waals surface area contributed by atoms with Crippen molar-refractivity contribution in [2.45, 2.75) is 31.5 Å². The Bertz CT molecular complexity index is 483. The highest BCUT2D eigenvalue weighted by molar-refractivity contribution is 7.85. The van der Waals surface area contributed by atoms with Gasteiger partial charge in [-0.3, -0.25) is 19.0 Å². The van der Waals surface area contributed by atoms with Gasteiger partial charge in [-0.1, -0.05) is 0 Å². The Balaban J connectivity index is 1.73. The van der Waals surface area contributed by atoms with Crippen molar-refractivity contribution in [3.63, 3.8) is 0 Å². The molecule has 0 saturated carbocycles. The van der Waals surface area contributed by atoms with Crippen molar-refractivity contribution in [2.24, 2.45) is 0 Å². The van der Waals surface area contributed by atoms with Gasteiger partial charge in [0.2, 0.25) is 0 Å². The topological polar surface area (TPSA) is 110 Å². The van der Waals surface area contributed by atoms with E-state index in [2.05, 4.69) is 10.4 Å². The fraction of sp³-hybridized carbons (Fsp3) is 0.727. The summed E-state index contributed by atoms with van der Waals surface area (Å²) >= 11 is 0. The molecule has 2 N–H and O–H groups in total. The minimum absolute atomic E-state index is 0.0834. The molecule has 0 amide bonds. The molecule has 0 bridgehead atoms. The van der Waals surface area contributed by atoms with Gasteiger partial charge in [0, 0.05) is 34.9 Å². The van der Waals surface area contributed by atoms with E-state index >= 15 is 0 Å². The van der Waals surface area contributed by atoms with Crippen molar-refractivity contribution in [2.75, 3.05) is 18.1 Å². The molecule has 0 spiro atoms. The average molecular weight is 302 g/mol. The minimum Gasteiger partial charge on any atom is -0.390 e. The van der Waals surface area contributed by atoms with Crippen LogP contribution in [0.2, 0.25) is 0 Å². The van der Waals surface area contributed by atoms with Crippen molar-refractivity contribution in [1.82, 2.24) is 15.1 Å². The van der Waals surface area contributed by atoms with Crippen LogP contribution in [0, 0.1) is 10.1 Å². The fourth-order valence-corrected chi connectivity index (χ4v) is 3.43. The highest BCUT2D eigenvalue weighted by Gasteiger charge is 2.18. The van der Waals surface area contributed by atoms with Crippen LogP contribution in [0.4, 0.5) is 5.69 Å². The molecule has 1 fully saturated rings. The van der Waals surface area contributed by atoms with Crippen LogP contribution < -0.4 is 5.32 Å². The van der Waals surface area contributed by atoms with Crippen LogP contribution >= 0.6 is 0 Å². The Morgan fingerprint density at radius 3 is 2.90 bits per heavy atom. The molecular formula is C11H18N4O4S. The molecule has 2 rings (SSSR count). The highest BCUT2D eigenvalue weighted by atomic mass is 32.2. The molecule has 0 aromatic carbocycles. The first-order valence-electron chi connectivity index (χ1n) is 6.48. The zero-order chi connectivity index (χ0) is 14.5. The lowest BCUT2D eigenvalue weighted by atomic mass is 10.1. The molecule has 1 aliphatic rings. The molecular weight excluding hydrogens is 284 g/mol. The maximum Gasteiger partial charge on any atom is 0.306 e. The largest absolute Gasteiger partial charge is 0.390 e. The molecule has 1 atom stereocenters. The summed E-state index contributed by atoms with van der Waals surface area (Å²) in [5.74, 6) is 1.41. The first-order valence-corrected chi connectivity index (χ1v) is 7.96. The van der Waals surface area contributed by atoms with Crippen LogP contribution in [0.5, 0.6) is 0 Å². The molecule has 1 aliphatic heterocycles. The summed E-state index contributed by atoms with van der Waals surface area (Å²) in [4.78, 5) is 9.99. The first-order chi connectivity index (χ1) is 9.54. The van der Waals surface area contributed by atoms with Crippen molar-refractivity contribution in [3.8, 4) is 0 Å². The Morgan fingerprint density at radius 2 is 2.30 bits per heavy atom. The molecule has 2 heterocycles. The van der Waals surface area contributed by atoms with Gasteiger partial charge in [-0.25, -0.2) is 0 Å². The second-order valence-electron chi connectivity index (χ2n) is 4.86. The number of aliphatic hydroxyl groups excluding tert-OH is 1. The molecule has 1 saturated heterocycles. The van der Waals surface area contributed by atoms with E-state index in [0.717, 1.165) is 19.0 Å². The van der Waals surface area contributed by atoms with Gasteiger partial charge in [0.05, 0.1) is 17.6 Å². The Kier molecular flexibility index (Phi) is 5.21. The Morgan fingerprint density at radius 1 is 1.60 bits per heavy atom. The quantitative estimate of drug-likeness (QED) is 0.549. The van der Waals surface area contributed by atoms with Crippen molar-refractivity contribution >= 4 is 16.5 Å². The SMILES string of the molecule is O=[N+]([O-])c1cnn(CC(O)CNC2CCS(=O)CC2)c1. The number of aromatic nitrogens is 2. The second-order valence-corrected chi connectivity index (χ2v) is 6.56. The number of hydrogen-bond acceptors (Lipinski definition) is 6. The normalized spacial score (nSPS) is 24.4. The van der Waals surface area contributed by atoms with E-state index < -0.39 is 21.8 Å². The third-order valence-electron chi connectivity index (χ3n) is 3.26. The molecule has 1 aromatic heterocycles. The van der Waals surface area contributed by atoms with Crippen LogP contribution in [0.1, 0.15) is 12.8 Å². The zero-order valence-electron chi connectivity index (χ0n) is 11.0. The summed E-state index contributed by atoms with van der Waals surface area (Å²) in [7, 11) is -0.689. The van der Waals surface area contributed by atoms with Crippen LogP contribution in [0.25, 0.3) is 0 Å². The maximum absolute atomic E-state index is 11.2. The van der Waals surface area contributed by atoms with E-state index in [-0.39, 0.29) is 18.3 Å². The Labute approximate surface area is 118 Å². The van der Waals surface area contributed by atoms with Gasteiger partial charge >= 0.3 is 5.69 Å². The minimum atomic E-state index is -0.689. The van der Waals surface area contributed by atoms with Gasteiger partial charge in [-0.05, 0) is 12.8 Å². The van der Waals surface area contributed by atoms with Crippen LogP contribution in [0.3, 0.4) is 0 Å². The van der Waals surface area contributed by atoms with E-state index in [0.29, 0.717) is 18.1 Å². The molecule has 1 unspecified atom stereocenters. The average Bonchev–Trinajstić information content (AvgIpc) is 2.87. The van der Waals surface area contributed by atoms with Crippen molar-refractivity contribution < 1.29 is 14.2 Å². The maximum atomic E-state index is 11.2. The van der Waals surface area contributed by atoms with Crippen LogP contribution in [0.15, 0.2) is 12.4 Å². The molecule has 20 heavy (non-hydrogen) atoms. The summed E-state index contributed by atoms with van der Waals surface area (Å²) in [5, 5.41) is 27.5. The summed E-state index contributed by atoms with van der Waals surface area (Å²) in [5.41, 5.74) is -0.0834. The number of rotatable bonds is 6. The molecule has 9 heteroatoms. The molecule has 8 nitrogen and oxygen atoms in total. The number of hydrogen-bond donors (Lipinski definition) is 2. The zero-order valence-corrected chi connectivity index (χ0v) is 11.8. The van der Waals surface area contributed by atoms with Crippen molar-refractivity contribution in [1.29, 1.82) is 0 Å². The van der Waals surface area contributed by atoms with Gasteiger partial charge < -0.3 is 10.4 Å². The molecule has 1 aromatic rings. The standard InChI is InChI=1S/C11H18N4O4S/c16-11(6-12-9-1-3-20(19)4-2-9)8-14-7-10(5-13-14)15(17)18/h5,7,9,11-12,16H,1-4,6,8H2. The van der Waals surface area contributed by atoms with Crippen LogP contribution in [-0.4, -0.2) is 54.2 Å². The molecule has 0 radical (unpaired) electrons. The monoisotopic (exact) mass is 302 g/mol. The second kappa shape index (κ2) is 6.91. The number of nitro groups is 1. The Hall–Kier alpha value is -1.32. The fourth-order valence-electron chi connectivity index (χ4n) is 2.13. The predicted molar refractivity (Wildman–Crippen MR) is 73.8 cm³/mol. The van der Waals surface area contributed by atoms with E-state index in [1.165, 1.54) is 10.9 Å². The lowest BCUT2D eigenvalue weighted by molar-refractivity contribution is -0.385. The third kappa shape index (κ3) is 4.36. The highest BCUT2D eigenvalue weighted by Crippen LogP contribution is 2.10. The van der Waals surface area contributed by atoms with E-state index in [1.807, 2.05) is 0 Å². The first kappa shape index (κ1) is 15.1. The summed E-state index contributed by atoms with van der Waals surface area (Å²) in [6.07, 6.45) is 3.50. The summed E-state index contributed by atoms with van der Waals surface area (Å²) in [6.45, 7) is 0.602. The smallest absolute Gasteiger partial charge is 0.306 e.